The molecule has 1 fully saturated rings. The summed E-state index contributed by atoms with van der Waals surface area (Å²) in [6.07, 6.45) is 8.09. The van der Waals surface area contributed by atoms with Gasteiger partial charge in [0.05, 0.1) is 0 Å². The largest absolute Gasteiger partial charge is 0.488 e. The van der Waals surface area contributed by atoms with E-state index in [4.69, 9.17) is 10.5 Å². The van der Waals surface area contributed by atoms with Gasteiger partial charge in [0.1, 0.15) is 11.4 Å². The molecule has 2 nitrogen and oxygen atoms in total. The number of nitrogens with two attached hydrogens (primary N) is 1. The van der Waals surface area contributed by atoms with Crippen molar-refractivity contribution in [1.82, 2.24) is 0 Å². The van der Waals surface area contributed by atoms with Gasteiger partial charge in [0.25, 0.3) is 0 Å². The Morgan fingerprint density at radius 1 is 1.50 bits per heavy atom. The van der Waals surface area contributed by atoms with Crippen molar-refractivity contribution in [2.75, 3.05) is 6.54 Å². The zero-order valence-electron chi connectivity index (χ0n) is 9.05. The second-order valence-corrected chi connectivity index (χ2v) is 3.94. The van der Waals surface area contributed by atoms with Crippen LogP contribution in [0.15, 0.2) is 36.1 Å². The summed E-state index contributed by atoms with van der Waals surface area (Å²) < 4.78 is 5.79. The molecule has 0 unspecified atom stereocenters. The first-order valence-corrected chi connectivity index (χ1v) is 5.01. The molecule has 0 atom stereocenters. The SMILES string of the molecule is C=C(/C=C\C(=C/C)OC1(C)CC1)CN. The van der Waals surface area contributed by atoms with Crippen LogP contribution in [0.25, 0.3) is 0 Å². The van der Waals surface area contributed by atoms with Crippen molar-refractivity contribution < 1.29 is 4.74 Å². The van der Waals surface area contributed by atoms with Crippen molar-refractivity contribution in [2.24, 2.45) is 5.73 Å². The highest BCUT2D eigenvalue weighted by Crippen LogP contribution is 2.40. The van der Waals surface area contributed by atoms with Gasteiger partial charge in [0, 0.05) is 6.54 Å². The van der Waals surface area contributed by atoms with Gasteiger partial charge in [-0.1, -0.05) is 12.7 Å². The van der Waals surface area contributed by atoms with E-state index in [1.165, 1.54) is 0 Å². The number of rotatable bonds is 5. The van der Waals surface area contributed by atoms with E-state index in [0.29, 0.717) is 6.54 Å². The smallest absolute Gasteiger partial charge is 0.115 e. The van der Waals surface area contributed by atoms with E-state index in [2.05, 4.69) is 13.5 Å². The van der Waals surface area contributed by atoms with Crippen molar-refractivity contribution in [1.29, 1.82) is 0 Å². The molecule has 0 aromatic carbocycles. The quantitative estimate of drug-likeness (QED) is 0.538. The molecule has 2 heteroatoms. The van der Waals surface area contributed by atoms with Gasteiger partial charge in [-0.15, -0.1) is 0 Å². The van der Waals surface area contributed by atoms with Crippen LogP contribution in [-0.2, 0) is 4.74 Å². The molecule has 78 valence electrons. The lowest BCUT2D eigenvalue weighted by Crippen LogP contribution is -2.07. The summed E-state index contributed by atoms with van der Waals surface area (Å²) in [5.74, 6) is 0.902. The molecule has 1 saturated carbocycles. The van der Waals surface area contributed by atoms with E-state index >= 15 is 0 Å². The number of hydrogen-bond donors (Lipinski definition) is 1. The number of allylic oxidation sites excluding steroid dienone is 2. The summed E-state index contributed by atoms with van der Waals surface area (Å²) in [5, 5.41) is 0. The standard InChI is InChI=1S/C12H19NO/c1-4-11(6-5-10(2)9-13)14-12(3)7-8-12/h4-6H,2,7-9,13H2,1,3H3/b6-5-,11-4+. The van der Waals surface area contributed by atoms with E-state index in [9.17, 15) is 0 Å². The predicted octanol–water partition coefficient (Wildman–Crippen LogP) is 2.53. The molecule has 0 spiro atoms. The van der Waals surface area contributed by atoms with Gasteiger partial charge in [-0.05, 0) is 44.4 Å². The molecule has 14 heavy (non-hydrogen) atoms. The molecule has 1 aliphatic rings. The predicted molar refractivity (Wildman–Crippen MR) is 59.8 cm³/mol. The van der Waals surface area contributed by atoms with Crippen molar-refractivity contribution in [3.05, 3.63) is 36.1 Å². The van der Waals surface area contributed by atoms with E-state index in [-0.39, 0.29) is 5.60 Å². The van der Waals surface area contributed by atoms with E-state index in [0.717, 1.165) is 24.2 Å². The average Bonchev–Trinajstić information content (AvgIpc) is 2.90. The zero-order chi connectivity index (χ0) is 10.6. The normalized spacial score (nSPS) is 19.8. The van der Waals surface area contributed by atoms with Crippen molar-refractivity contribution in [2.45, 2.75) is 32.3 Å². The van der Waals surface area contributed by atoms with Crippen LogP contribution in [0.2, 0.25) is 0 Å². The van der Waals surface area contributed by atoms with Gasteiger partial charge in [-0.25, -0.2) is 0 Å². The lowest BCUT2D eigenvalue weighted by Gasteiger charge is -2.13. The molecule has 0 aromatic rings. The second-order valence-electron chi connectivity index (χ2n) is 3.94. The highest BCUT2D eigenvalue weighted by molar-refractivity contribution is 5.24. The molecular weight excluding hydrogens is 174 g/mol. The van der Waals surface area contributed by atoms with Gasteiger partial charge in [-0.3, -0.25) is 0 Å². The van der Waals surface area contributed by atoms with Crippen LogP contribution < -0.4 is 5.73 Å². The van der Waals surface area contributed by atoms with Gasteiger partial charge in [0.15, 0.2) is 0 Å². The molecule has 0 amide bonds. The molecular formula is C12H19NO. The highest BCUT2D eigenvalue weighted by Gasteiger charge is 2.40. The maximum absolute atomic E-state index is 5.79. The van der Waals surface area contributed by atoms with E-state index in [1.54, 1.807) is 0 Å². The fourth-order valence-electron chi connectivity index (χ4n) is 1.02. The molecule has 1 rings (SSSR count). The Balaban J connectivity index is 2.47. The molecule has 2 N–H and O–H groups in total. The maximum atomic E-state index is 5.79. The molecule has 0 radical (unpaired) electrons. The van der Waals surface area contributed by atoms with Crippen LogP contribution >= 0.6 is 0 Å². The Kier molecular flexibility index (Phi) is 3.53. The minimum Gasteiger partial charge on any atom is -0.488 e. The third kappa shape index (κ3) is 3.38. The Bertz CT molecular complexity index is 272. The Morgan fingerprint density at radius 3 is 2.57 bits per heavy atom. The van der Waals surface area contributed by atoms with Crippen LogP contribution in [0.4, 0.5) is 0 Å². The average molecular weight is 193 g/mol. The Morgan fingerprint density at radius 2 is 2.14 bits per heavy atom. The fourth-order valence-corrected chi connectivity index (χ4v) is 1.02. The lowest BCUT2D eigenvalue weighted by atomic mass is 10.2. The molecule has 0 heterocycles. The van der Waals surface area contributed by atoms with Gasteiger partial charge >= 0.3 is 0 Å². The van der Waals surface area contributed by atoms with E-state index in [1.807, 2.05) is 25.2 Å². The van der Waals surface area contributed by atoms with Crippen LogP contribution in [0, 0.1) is 0 Å². The van der Waals surface area contributed by atoms with Gasteiger partial charge < -0.3 is 10.5 Å². The monoisotopic (exact) mass is 193 g/mol. The summed E-state index contributed by atoms with van der Waals surface area (Å²) in [7, 11) is 0. The summed E-state index contributed by atoms with van der Waals surface area (Å²) in [6.45, 7) is 8.38. The zero-order valence-corrected chi connectivity index (χ0v) is 9.05. The van der Waals surface area contributed by atoms with Crippen molar-refractivity contribution in [3.8, 4) is 0 Å². The minimum absolute atomic E-state index is 0.0796. The topological polar surface area (TPSA) is 35.2 Å². The van der Waals surface area contributed by atoms with Crippen LogP contribution in [0.1, 0.15) is 26.7 Å². The Labute approximate surface area is 86.1 Å². The van der Waals surface area contributed by atoms with Gasteiger partial charge in [-0.2, -0.15) is 0 Å². The summed E-state index contributed by atoms with van der Waals surface area (Å²) in [6, 6.07) is 0. The summed E-state index contributed by atoms with van der Waals surface area (Å²) >= 11 is 0. The van der Waals surface area contributed by atoms with Crippen molar-refractivity contribution >= 4 is 0 Å². The highest BCUT2D eigenvalue weighted by atomic mass is 16.5. The van der Waals surface area contributed by atoms with Crippen LogP contribution in [0.5, 0.6) is 0 Å². The molecule has 0 saturated heterocycles. The fraction of sp³-hybridized carbons (Fsp3) is 0.500. The molecule has 0 aromatic heterocycles. The first-order valence-electron chi connectivity index (χ1n) is 5.01. The second kappa shape index (κ2) is 4.47. The van der Waals surface area contributed by atoms with Crippen LogP contribution in [-0.4, -0.2) is 12.1 Å². The summed E-state index contributed by atoms with van der Waals surface area (Å²) in [5.41, 5.74) is 6.42. The molecule has 0 bridgehead atoms. The number of ether oxygens (including phenoxy) is 1. The number of hydrogen-bond acceptors (Lipinski definition) is 2. The minimum atomic E-state index is 0.0796. The first kappa shape index (κ1) is 11.1. The third-order valence-corrected chi connectivity index (χ3v) is 2.35. The summed E-state index contributed by atoms with van der Waals surface area (Å²) in [4.78, 5) is 0. The van der Waals surface area contributed by atoms with Crippen LogP contribution in [0.3, 0.4) is 0 Å². The molecule has 1 aliphatic carbocycles. The maximum Gasteiger partial charge on any atom is 0.115 e. The molecule has 0 aliphatic heterocycles. The first-order chi connectivity index (χ1) is 6.59. The van der Waals surface area contributed by atoms with E-state index < -0.39 is 0 Å². The van der Waals surface area contributed by atoms with Gasteiger partial charge in [0.2, 0.25) is 0 Å². The third-order valence-electron chi connectivity index (χ3n) is 2.35. The van der Waals surface area contributed by atoms with Crippen molar-refractivity contribution in [3.63, 3.8) is 0 Å². The Hall–Kier alpha value is -1.02. The lowest BCUT2D eigenvalue weighted by molar-refractivity contribution is 0.119.